The first kappa shape index (κ1) is 13.2. The number of benzene rings is 1. The van der Waals surface area contributed by atoms with E-state index in [1.807, 2.05) is 19.2 Å². The largest absolute Gasteiger partial charge is 0.319 e. The van der Waals surface area contributed by atoms with E-state index in [1.165, 1.54) is 0 Å². The molecule has 0 saturated heterocycles. The summed E-state index contributed by atoms with van der Waals surface area (Å²) in [6.45, 7) is 3.06. The molecule has 0 radical (unpaired) electrons. The van der Waals surface area contributed by atoms with Gasteiger partial charge in [0, 0.05) is 6.54 Å². The Balaban J connectivity index is 2.78. The Morgan fingerprint density at radius 3 is 2.31 bits per heavy atom. The molecule has 0 fully saturated rings. The van der Waals surface area contributed by atoms with Crippen LogP contribution in [0.2, 0.25) is 0 Å². The summed E-state index contributed by atoms with van der Waals surface area (Å²) in [7, 11) is -1.42. The standard InChI is InChI=1S/C11H18N2O2S/c1-3-13-16(14,15)11-6-4-10(5-7-11)8-9-12-2/h4-7,12-13H,3,8-9H2,1-2H3. The van der Waals surface area contributed by atoms with E-state index in [-0.39, 0.29) is 0 Å². The molecule has 0 spiro atoms. The zero-order valence-corrected chi connectivity index (χ0v) is 10.5. The summed E-state index contributed by atoms with van der Waals surface area (Å²) in [6.07, 6.45) is 0.901. The Labute approximate surface area is 97.1 Å². The second-order valence-corrected chi connectivity index (χ2v) is 5.27. The maximum absolute atomic E-state index is 11.6. The number of likely N-dealkylation sites (N-methyl/N-ethyl adjacent to an activating group) is 1. The summed E-state index contributed by atoms with van der Waals surface area (Å²) in [5.74, 6) is 0. The predicted octanol–water partition coefficient (Wildman–Crippen LogP) is 0.747. The van der Waals surface area contributed by atoms with Crippen LogP contribution in [0.5, 0.6) is 0 Å². The van der Waals surface area contributed by atoms with E-state index < -0.39 is 10.0 Å². The summed E-state index contributed by atoms with van der Waals surface area (Å²) in [5.41, 5.74) is 1.13. The van der Waals surface area contributed by atoms with Gasteiger partial charge in [0.1, 0.15) is 0 Å². The predicted molar refractivity (Wildman–Crippen MR) is 64.9 cm³/mol. The number of sulfonamides is 1. The van der Waals surface area contributed by atoms with Crippen LogP contribution >= 0.6 is 0 Å². The Morgan fingerprint density at radius 2 is 1.81 bits per heavy atom. The second kappa shape index (κ2) is 5.98. The Bertz CT molecular complexity index is 412. The first-order valence-electron chi connectivity index (χ1n) is 5.33. The van der Waals surface area contributed by atoms with Gasteiger partial charge in [-0.2, -0.15) is 0 Å². The highest BCUT2D eigenvalue weighted by atomic mass is 32.2. The van der Waals surface area contributed by atoms with E-state index in [4.69, 9.17) is 0 Å². The Kier molecular flexibility index (Phi) is 4.92. The van der Waals surface area contributed by atoms with Gasteiger partial charge in [0.2, 0.25) is 10.0 Å². The molecule has 1 aromatic carbocycles. The molecule has 0 atom stereocenters. The molecule has 0 bridgehead atoms. The van der Waals surface area contributed by atoms with Crippen LogP contribution in [0.25, 0.3) is 0 Å². The third kappa shape index (κ3) is 3.59. The average molecular weight is 242 g/mol. The normalized spacial score (nSPS) is 11.6. The van der Waals surface area contributed by atoms with Crippen molar-refractivity contribution < 1.29 is 8.42 Å². The lowest BCUT2D eigenvalue weighted by Gasteiger charge is -2.05. The van der Waals surface area contributed by atoms with Gasteiger partial charge in [-0.05, 0) is 37.7 Å². The maximum atomic E-state index is 11.6. The number of hydrogen-bond acceptors (Lipinski definition) is 3. The van der Waals surface area contributed by atoms with Gasteiger partial charge in [-0.15, -0.1) is 0 Å². The molecule has 0 amide bonds. The van der Waals surface area contributed by atoms with E-state index in [9.17, 15) is 8.42 Å². The van der Waals surface area contributed by atoms with Gasteiger partial charge in [0.05, 0.1) is 4.90 Å². The van der Waals surface area contributed by atoms with Crippen LogP contribution in [0.15, 0.2) is 29.2 Å². The van der Waals surface area contributed by atoms with Gasteiger partial charge < -0.3 is 5.32 Å². The highest BCUT2D eigenvalue weighted by molar-refractivity contribution is 7.89. The SMILES string of the molecule is CCNS(=O)(=O)c1ccc(CCNC)cc1. The maximum Gasteiger partial charge on any atom is 0.240 e. The van der Waals surface area contributed by atoms with Gasteiger partial charge in [-0.25, -0.2) is 13.1 Å². The van der Waals surface area contributed by atoms with Crippen molar-refractivity contribution >= 4 is 10.0 Å². The van der Waals surface area contributed by atoms with Crippen LogP contribution in [-0.2, 0) is 16.4 Å². The minimum Gasteiger partial charge on any atom is -0.319 e. The average Bonchev–Trinajstić information content (AvgIpc) is 2.27. The number of hydrogen-bond donors (Lipinski definition) is 2. The molecule has 1 rings (SSSR count). The first-order chi connectivity index (χ1) is 7.60. The summed E-state index contributed by atoms with van der Waals surface area (Å²) >= 11 is 0. The Hall–Kier alpha value is -0.910. The Morgan fingerprint density at radius 1 is 1.19 bits per heavy atom. The number of nitrogens with one attached hydrogen (secondary N) is 2. The van der Waals surface area contributed by atoms with Crippen molar-refractivity contribution in [3.8, 4) is 0 Å². The van der Waals surface area contributed by atoms with Gasteiger partial charge in [-0.1, -0.05) is 19.1 Å². The molecule has 5 heteroatoms. The quantitative estimate of drug-likeness (QED) is 0.774. The van der Waals surface area contributed by atoms with Gasteiger partial charge >= 0.3 is 0 Å². The van der Waals surface area contributed by atoms with E-state index in [0.717, 1.165) is 18.5 Å². The fourth-order valence-electron chi connectivity index (χ4n) is 1.38. The van der Waals surface area contributed by atoms with Crippen molar-refractivity contribution in [3.63, 3.8) is 0 Å². The summed E-state index contributed by atoms with van der Waals surface area (Å²) in [4.78, 5) is 0.322. The molecule has 0 heterocycles. The van der Waals surface area contributed by atoms with Crippen molar-refractivity contribution in [1.29, 1.82) is 0 Å². The van der Waals surface area contributed by atoms with Gasteiger partial charge in [-0.3, -0.25) is 0 Å². The van der Waals surface area contributed by atoms with E-state index >= 15 is 0 Å². The molecule has 4 nitrogen and oxygen atoms in total. The van der Waals surface area contributed by atoms with Gasteiger partial charge in [0.15, 0.2) is 0 Å². The van der Waals surface area contributed by atoms with Crippen LogP contribution in [0, 0.1) is 0 Å². The van der Waals surface area contributed by atoms with Crippen molar-refractivity contribution in [2.75, 3.05) is 20.1 Å². The summed E-state index contributed by atoms with van der Waals surface area (Å²) < 4.78 is 25.7. The third-order valence-corrected chi connectivity index (χ3v) is 3.79. The lowest BCUT2D eigenvalue weighted by Crippen LogP contribution is -2.23. The smallest absolute Gasteiger partial charge is 0.240 e. The van der Waals surface area contributed by atoms with Crippen molar-refractivity contribution in [2.45, 2.75) is 18.2 Å². The molecule has 0 aromatic heterocycles. The fraction of sp³-hybridized carbons (Fsp3) is 0.455. The molecular formula is C11H18N2O2S. The first-order valence-corrected chi connectivity index (χ1v) is 6.81. The molecular weight excluding hydrogens is 224 g/mol. The number of rotatable bonds is 6. The molecule has 1 aromatic rings. The fourth-order valence-corrected chi connectivity index (χ4v) is 2.42. The van der Waals surface area contributed by atoms with Crippen molar-refractivity contribution in [1.82, 2.24) is 10.0 Å². The van der Waals surface area contributed by atoms with Crippen LogP contribution in [0.1, 0.15) is 12.5 Å². The topological polar surface area (TPSA) is 58.2 Å². The summed E-state index contributed by atoms with van der Waals surface area (Å²) in [5, 5.41) is 3.05. The molecule has 16 heavy (non-hydrogen) atoms. The van der Waals surface area contributed by atoms with Gasteiger partial charge in [0.25, 0.3) is 0 Å². The highest BCUT2D eigenvalue weighted by Crippen LogP contribution is 2.10. The van der Waals surface area contributed by atoms with E-state index in [1.54, 1.807) is 19.1 Å². The second-order valence-electron chi connectivity index (χ2n) is 3.50. The molecule has 0 aliphatic heterocycles. The monoisotopic (exact) mass is 242 g/mol. The van der Waals surface area contributed by atoms with Crippen LogP contribution in [0.4, 0.5) is 0 Å². The minimum atomic E-state index is -3.31. The molecule has 0 unspecified atom stereocenters. The van der Waals surface area contributed by atoms with E-state index in [2.05, 4.69) is 10.0 Å². The van der Waals surface area contributed by atoms with Crippen LogP contribution in [-0.4, -0.2) is 28.6 Å². The highest BCUT2D eigenvalue weighted by Gasteiger charge is 2.11. The molecule has 2 N–H and O–H groups in total. The molecule has 90 valence electrons. The summed E-state index contributed by atoms with van der Waals surface area (Å²) in [6, 6.07) is 6.98. The van der Waals surface area contributed by atoms with Crippen molar-refractivity contribution in [2.24, 2.45) is 0 Å². The molecule has 0 aliphatic rings. The van der Waals surface area contributed by atoms with Crippen LogP contribution < -0.4 is 10.0 Å². The van der Waals surface area contributed by atoms with Crippen LogP contribution in [0.3, 0.4) is 0 Å². The zero-order valence-electron chi connectivity index (χ0n) is 9.66. The van der Waals surface area contributed by atoms with E-state index in [0.29, 0.717) is 11.4 Å². The third-order valence-electron chi connectivity index (χ3n) is 2.23. The zero-order chi connectivity index (χ0) is 12.0. The lowest BCUT2D eigenvalue weighted by molar-refractivity contribution is 0.584. The molecule has 0 aliphatic carbocycles. The lowest BCUT2D eigenvalue weighted by atomic mass is 10.1. The van der Waals surface area contributed by atoms with Crippen molar-refractivity contribution in [3.05, 3.63) is 29.8 Å². The molecule has 0 saturated carbocycles. The minimum absolute atomic E-state index is 0.322.